The molecule has 0 rings (SSSR count). The summed E-state index contributed by atoms with van der Waals surface area (Å²) < 4.78 is 5.08. The van der Waals surface area contributed by atoms with Crippen LogP contribution in [0.15, 0.2) is 0 Å². The van der Waals surface area contributed by atoms with Crippen LogP contribution in [0.3, 0.4) is 0 Å². The van der Waals surface area contributed by atoms with Crippen LogP contribution in [-0.4, -0.2) is 23.8 Å². The Morgan fingerprint density at radius 2 is 1.93 bits per heavy atom. The van der Waals surface area contributed by atoms with Crippen LogP contribution in [0.4, 0.5) is 0 Å². The number of hydrogen-bond donors (Lipinski definition) is 1. The monoisotopic (exact) mass is 252 g/mol. The quantitative estimate of drug-likeness (QED) is 0.534. The van der Waals surface area contributed by atoms with Crippen molar-refractivity contribution in [1.82, 2.24) is 0 Å². The standard InChI is InChI=1S/C10H20O3.Zn/c1-3-5-6-7-8-9(10(11)12)13-4-2;/h9H,3-8H2,1-2H3,(H,11,12);. The number of ether oxygens (including phenoxy) is 1. The minimum absolute atomic E-state index is 0. The van der Waals surface area contributed by atoms with E-state index in [1.54, 1.807) is 0 Å². The van der Waals surface area contributed by atoms with Crippen molar-refractivity contribution in [3.8, 4) is 0 Å². The molecule has 0 spiro atoms. The molecule has 4 heteroatoms. The van der Waals surface area contributed by atoms with Crippen LogP contribution in [0.2, 0.25) is 0 Å². The molecule has 1 atom stereocenters. The fraction of sp³-hybridized carbons (Fsp3) is 0.900. The van der Waals surface area contributed by atoms with Crippen LogP contribution in [0.1, 0.15) is 46.0 Å². The molecule has 0 saturated heterocycles. The number of carbonyl (C=O) groups is 1. The van der Waals surface area contributed by atoms with Gasteiger partial charge in [0.2, 0.25) is 0 Å². The number of rotatable bonds is 8. The van der Waals surface area contributed by atoms with E-state index >= 15 is 0 Å². The van der Waals surface area contributed by atoms with E-state index in [-0.39, 0.29) is 19.5 Å². The van der Waals surface area contributed by atoms with Gasteiger partial charge in [0.25, 0.3) is 0 Å². The number of aliphatic carboxylic acids is 1. The van der Waals surface area contributed by atoms with Gasteiger partial charge in [0, 0.05) is 26.1 Å². The van der Waals surface area contributed by atoms with Crippen molar-refractivity contribution < 1.29 is 34.1 Å². The Kier molecular flexibility index (Phi) is 13.1. The van der Waals surface area contributed by atoms with E-state index in [0.29, 0.717) is 13.0 Å². The predicted octanol–water partition coefficient (Wildman–Crippen LogP) is 2.44. The summed E-state index contributed by atoms with van der Waals surface area (Å²) in [4.78, 5) is 10.6. The fourth-order valence-corrected chi connectivity index (χ4v) is 1.24. The third-order valence-corrected chi connectivity index (χ3v) is 1.96. The zero-order valence-electron chi connectivity index (χ0n) is 9.29. The third-order valence-electron chi connectivity index (χ3n) is 1.96. The molecule has 0 saturated carbocycles. The predicted molar refractivity (Wildman–Crippen MR) is 51.8 cm³/mol. The van der Waals surface area contributed by atoms with Gasteiger partial charge in [0.15, 0.2) is 6.10 Å². The second-order valence-corrected chi connectivity index (χ2v) is 3.13. The van der Waals surface area contributed by atoms with Gasteiger partial charge in [-0.05, 0) is 13.3 Å². The largest absolute Gasteiger partial charge is 0.479 e. The van der Waals surface area contributed by atoms with E-state index in [1.807, 2.05) is 6.92 Å². The Balaban J connectivity index is 0. The normalized spacial score (nSPS) is 11.9. The minimum atomic E-state index is -0.835. The Hall–Kier alpha value is 0.0534. The fourth-order valence-electron chi connectivity index (χ4n) is 1.24. The number of carboxylic acids is 1. The van der Waals surface area contributed by atoms with Crippen LogP contribution in [0, 0.1) is 0 Å². The van der Waals surface area contributed by atoms with E-state index < -0.39 is 12.1 Å². The third kappa shape index (κ3) is 8.64. The van der Waals surface area contributed by atoms with Gasteiger partial charge in [-0.25, -0.2) is 4.79 Å². The first-order chi connectivity index (χ1) is 6.22. The van der Waals surface area contributed by atoms with Crippen LogP contribution in [0.25, 0.3) is 0 Å². The Labute approximate surface area is 99.0 Å². The van der Waals surface area contributed by atoms with Gasteiger partial charge in [-0.2, -0.15) is 0 Å². The topological polar surface area (TPSA) is 46.5 Å². The van der Waals surface area contributed by atoms with E-state index in [1.165, 1.54) is 12.8 Å². The molecule has 1 N–H and O–H groups in total. The number of unbranched alkanes of at least 4 members (excludes halogenated alkanes) is 3. The summed E-state index contributed by atoms with van der Waals surface area (Å²) in [5.74, 6) is -0.835. The van der Waals surface area contributed by atoms with Crippen LogP contribution < -0.4 is 0 Å². The van der Waals surface area contributed by atoms with Gasteiger partial charge in [-0.1, -0.05) is 32.6 Å². The first kappa shape index (κ1) is 16.5. The van der Waals surface area contributed by atoms with Crippen molar-refractivity contribution in [2.45, 2.75) is 52.1 Å². The van der Waals surface area contributed by atoms with Gasteiger partial charge < -0.3 is 9.84 Å². The zero-order valence-corrected chi connectivity index (χ0v) is 12.3. The smallest absolute Gasteiger partial charge is 0.332 e. The molecule has 0 aromatic carbocycles. The first-order valence-corrected chi connectivity index (χ1v) is 5.06. The average molecular weight is 254 g/mol. The maximum atomic E-state index is 10.6. The van der Waals surface area contributed by atoms with Crippen molar-refractivity contribution in [1.29, 1.82) is 0 Å². The molecule has 0 aliphatic rings. The molecule has 1 unspecified atom stereocenters. The first-order valence-electron chi connectivity index (χ1n) is 5.06. The Bertz CT molecular complexity index is 139. The molecule has 3 nitrogen and oxygen atoms in total. The van der Waals surface area contributed by atoms with E-state index in [4.69, 9.17) is 9.84 Å². The van der Waals surface area contributed by atoms with Crippen molar-refractivity contribution in [3.05, 3.63) is 0 Å². The van der Waals surface area contributed by atoms with Crippen molar-refractivity contribution in [3.63, 3.8) is 0 Å². The molecule has 0 amide bonds. The van der Waals surface area contributed by atoms with E-state index in [0.717, 1.165) is 12.8 Å². The van der Waals surface area contributed by atoms with Gasteiger partial charge in [0.05, 0.1) is 0 Å². The number of carboxylic acid groups (broad SMARTS) is 1. The van der Waals surface area contributed by atoms with Crippen LogP contribution in [0.5, 0.6) is 0 Å². The van der Waals surface area contributed by atoms with Crippen molar-refractivity contribution in [2.24, 2.45) is 0 Å². The van der Waals surface area contributed by atoms with Gasteiger partial charge in [-0.3, -0.25) is 0 Å². The molecule has 80 valence electrons. The average Bonchev–Trinajstić information content (AvgIpc) is 2.10. The summed E-state index contributed by atoms with van der Waals surface area (Å²) >= 11 is 0. The molecular weight excluding hydrogens is 233 g/mol. The molecule has 0 aliphatic heterocycles. The number of hydrogen-bond acceptors (Lipinski definition) is 2. The molecule has 0 fully saturated rings. The molecule has 0 radical (unpaired) electrons. The molecule has 14 heavy (non-hydrogen) atoms. The summed E-state index contributed by atoms with van der Waals surface area (Å²) in [6, 6.07) is 0. The van der Waals surface area contributed by atoms with E-state index in [9.17, 15) is 4.79 Å². The molecule has 0 heterocycles. The van der Waals surface area contributed by atoms with Gasteiger partial charge >= 0.3 is 5.97 Å². The second kappa shape index (κ2) is 11.1. The molecule has 0 aromatic rings. The molecule has 0 aliphatic carbocycles. The SMILES string of the molecule is CCCCCCC(OCC)C(=O)O.[Zn]. The summed E-state index contributed by atoms with van der Waals surface area (Å²) in [6.07, 6.45) is 4.45. The summed E-state index contributed by atoms with van der Waals surface area (Å²) in [5, 5.41) is 8.74. The van der Waals surface area contributed by atoms with Gasteiger partial charge in [0.1, 0.15) is 0 Å². The van der Waals surface area contributed by atoms with E-state index in [2.05, 4.69) is 6.92 Å². The summed E-state index contributed by atoms with van der Waals surface area (Å²) in [7, 11) is 0. The summed E-state index contributed by atoms with van der Waals surface area (Å²) in [6.45, 7) is 4.43. The minimum Gasteiger partial charge on any atom is -0.479 e. The van der Waals surface area contributed by atoms with Crippen LogP contribution in [-0.2, 0) is 29.0 Å². The van der Waals surface area contributed by atoms with Crippen molar-refractivity contribution in [2.75, 3.05) is 6.61 Å². The van der Waals surface area contributed by atoms with Gasteiger partial charge in [-0.15, -0.1) is 0 Å². The molecule has 0 aromatic heterocycles. The maximum absolute atomic E-state index is 10.6. The Morgan fingerprint density at radius 3 is 2.36 bits per heavy atom. The molecular formula is C10H20O3Zn. The Morgan fingerprint density at radius 1 is 1.29 bits per heavy atom. The molecule has 0 bridgehead atoms. The maximum Gasteiger partial charge on any atom is 0.332 e. The second-order valence-electron chi connectivity index (χ2n) is 3.13. The van der Waals surface area contributed by atoms with Crippen molar-refractivity contribution >= 4 is 5.97 Å². The van der Waals surface area contributed by atoms with Crippen LogP contribution >= 0.6 is 0 Å². The zero-order chi connectivity index (χ0) is 10.1. The summed E-state index contributed by atoms with van der Waals surface area (Å²) in [5.41, 5.74) is 0.